The van der Waals surface area contributed by atoms with E-state index in [1.807, 2.05) is 31.2 Å². The third-order valence-corrected chi connectivity index (χ3v) is 3.56. The molecule has 0 saturated heterocycles. The monoisotopic (exact) mass is 284 g/mol. The number of nitrogens with two attached hydrogens (primary N) is 1. The second kappa shape index (κ2) is 7.23. The van der Waals surface area contributed by atoms with Crippen molar-refractivity contribution in [1.82, 2.24) is 4.98 Å². The van der Waals surface area contributed by atoms with Gasteiger partial charge >= 0.3 is 0 Å². The number of aryl methyl sites for hydroxylation is 2. The van der Waals surface area contributed by atoms with Gasteiger partial charge in [-0.3, -0.25) is 4.98 Å². The van der Waals surface area contributed by atoms with Gasteiger partial charge in [-0.2, -0.15) is 0 Å². The Bertz CT molecular complexity index is 596. The maximum Gasteiger partial charge on any atom is 0.148 e. The Morgan fingerprint density at radius 2 is 2.00 bits per heavy atom. The summed E-state index contributed by atoms with van der Waals surface area (Å²) in [4.78, 5) is 4.53. The average molecular weight is 284 g/mol. The van der Waals surface area contributed by atoms with Gasteiger partial charge in [-0.15, -0.1) is 0 Å². The first-order chi connectivity index (χ1) is 10.1. The highest BCUT2D eigenvalue weighted by Crippen LogP contribution is 2.26. The van der Waals surface area contributed by atoms with E-state index in [9.17, 15) is 0 Å². The van der Waals surface area contributed by atoms with E-state index in [0.717, 1.165) is 42.1 Å². The quantitative estimate of drug-likeness (QED) is 0.871. The highest BCUT2D eigenvalue weighted by Gasteiger charge is 2.07. The van der Waals surface area contributed by atoms with Crippen LogP contribution in [0.3, 0.4) is 0 Å². The first kappa shape index (κ1) is 15.5. The minimum atomic E-state index is 0.201. The van der Waals surface area contributed by atoms with E-state index >= 15 is 0 Å². The van der Waals surface area contributed by atoms with Gasteiger partial charge in [0.2, 0.25) is 0 Å². The molecule has 3 nitrogen and oxygen atoms in total. The fourth-order valence-electron chi connectivity index (χ4n) is 2.25. The Labute approximate surface area is 127 Å². The Morgan fingerprint density at radius 3 is 2.71 bits per heavy atom. The van der Waals surface area contributed by atoms with Gasteiger partial charge in [-0.05, 0) is 56.0 Å². The number of benzene rings is 1. The lowest BCUT2D eigenvalue weighted by molar-refractivity contribution is 0.471. The summed E-state index contributed by atoms with van der Waals surface area (Å²) in [7, 11) is 0. The maximum absolute atomic E-state index is 6.02. The molecule has 3 heteroatoms. The highest BCUT2D eigenvalue weighted by molar-refractivity contribution is 5.37. The summed E-state index contributed by atoms with van der Waals surface area (Å²) in [6.45, 7) is 6.19. The minimum Gasteiger partial charge on any atom is -0.455 e. The molecule has 0 fully saturated rings. The van der Waals surface area contributed by atoms with Crippen molar-refractivity contribution in [3.05, 3.63) is 53.3 Å². The molecule has 2 N–H and O–H groups in total. The topological polar surface area (TPSA) is 48.1 Å². The fraction of sp³-hybridized carbons (Fsp3) is 0.389. The summed E-state index contributed by atoms with van der Waals surface area (Å²) in [6, 6.07) is 12.3. The van der Waals surface area contributed by atoms with E-state index in [2.05, 4.69) is 31.0 Å². The van der Waals surface area contributed by atoms with E-state index in [0.29, 0.717) is 0 Å². The van der Waals surface area contributed by atoms with Gasteiger partial charge in [0.25, 0.3) is 0 Å². The first-order valence-corrected chi connectivity index (χ1v) is 7.61. The molecule has 1 heterocycles. The van der Waals surface area contributed by atoms with Gasteiger partial charge < -0.3 is 10.5 Å². The van der Waals surface area contributed by atoms with Crippen LogP contribution in [-0.2, 0) is 12.8 Å². The van der Waals surface area contributed by atoms with Crippen LogP contribution in [0.1, 0.15) is 37.2 Å². The van der Waals surface area contributed by atoms with E-state index < -0.39 is 0 Å². The third-order valence-electron chi connectivity index (χ3n) is 3.56. The van der Waals surface area contributed by atoms with Crippen molar-refractivity contribution >= 4 is 0 Å². The Kier molecular flexibility index (Phi) is 5.34. The van der Waals surface area contributed by atoms with Crippen molar-refractivity contribution < 1.29 is 4.74 Å². The third kappa shape index (κ3) is 4.30. The largest absolute Gasteiger partial charge is 0.455 e. The molecule has 0 saturated carbocycles. The van der Waals surface area contributed by atoms with Crippen molar-refractivity contribution in [1.29, 1.82) is 0 Å². The Morgan fingerprint density at radius 1 is 1.19 bits per heavy atom. The number of pyridine rings is 1. The van der Waals surface area contributed by atoms with Crippen LogP contribution in [0.25, 0.3) is 0 Å². The second-order valence-corrected chi connectivity index (χ2v) is 5.37. The van der Waals surface area contributed by atoms with Crippen LogP contribution >= 0.6 is 0 Å². The van der Waals surface area contributed by atoms with Gasteiger partial charge in [0.05, 0.1) is 5.69 Å². The zero-order valence-corrected chi connectivity index (χ0v) is 13.1. The molecule has 2 aromatic rings. The fourth-order valence-corrected chi connectivity index (χ4v) is 2.25. The predicted molar refractivity (Wildman–Crippen MR) is 86.8 cm³/mol. The first-order valence-electron chi connectivity index (χ1n) is 7.61. The molecule has 0 aliphatic rings. The number of aromatic nitrogens is 1. The smallest absolute Gasteiger partial charge is 0.148 e. The Hall–Kier alpha value is -1.87. The van der Waals surface area contributed by atoms with Crippen molar-refractivity contribution in [2.45, 2.75) is 46.1 Å². The predicted octanol–water partition coefficient (Wildman–Crippen LogP) is 4.02. The summed E-state index contributed by atoms with van der Waals surface area (Å²) in [6.07, 6.45) is 2.71. The molecule has 0 spiro atoms. The molecular weight excluding hydrogens is 260 g/mol. The molecule has 1 aromatic carbocycles. The summed E-state index contributed by atoms with van der Waals surface area (Å²) in [5.41, 5.74) is 9.23. The van der Waals surface area contributed by atoms with Crippen molar-refractivity contribution in [3.63, 3.8) is 0 Å². The van der Waals surface area contributed by atoms with E-state index in [-0.39, 0.29) is 6.04 Å². The number of rotatable bonds is 6. The normalized spacial score (nSPS) is 12.2. The lowest BCUT2D eigenvalue weighted by atomic mass is 10.0. The average Bonchev–Trinajstić information content (AvgIpc) is 2.49. The molecule has 0 bridgehead atoms. The minimum absolute atomic E-state index is 0.201. The Balaban J connectivity index is 2.18. The van der Waals surface area contributed by atoms with Gasteiger partial charge in [0.1, 0.15) is 11.5 Å². The van der Waals surface area contributed by atoms with Crippen LogP contribution in [0.15, 0.2) is 36.4 Å². The molecule has 0 aliphatic heterocycles. The lowest BCUT2D eigenvalue weighted by Gasteiger charge is -2.12. The van der Waals surface area contributed by atoms with Crippen LogP contribution in [0, 0.1) is 6.92 Å². The number of ether oxygens (including phenoxy) is 1. The molecule has 1 aromatic heterocycles. The molecular formula is C18H24N2O. The summed E-state index contributed by atoms with van der Waals surface area (Å²) < 4.78 is 6.01. The SMILES string of the molecule is CCc1nc(C)ccc1Oc1cccc(CC(N)CC)c1. The molecule has 1 atom stereocenters. The molecule has 0 radical (unpaired) electrons. The molecule has 0 amide bonds. The van der Waals surface area contributed by atoms with Gasteiger partial charge in [-0.25, -0.2) is 0 Å². The molecule has 2 rings (SSSR count). The summed E-state index contributed by atoms with van der Waals surface area (Å²) in [5, 5.41) is 0. The number of hydrogen-bond donors (Lipinski definition) is 1. The number of hydrogen-bond acceptors (Lipinski definition) is 3. The maximum atomic E-state index is 6.02. The molecule has 21 heavy (non-hydrogen) atoms. The number of nitrogens with zero attached hydrogens (tertiary/aromatic N) is 1. The molecule has 0 aliphatic carbocycles. The van der Waals surface area contributed by atoms with Crippen LogP contribution in [0.4, 0.5) is 0 Å². The van der Waals surface area contributed by atoms with Gasteiger partial charge in [-0.1, -0.05) is 26.0 Å². The zero-order chi connectivity index (χ0) is 15.2. The second-order valence-electron chi connectivity index (χ2n) is 5.37. The van der Waals surface area contributed by atoms with Crippen LogP contribution < -0.4 is 10.5 Å². The van der Waals surface area contributed by atoms with Crippen molar-refractivity contribution in [2.75, 3.05) is 0 Å². The van der Waals surface area contributed by atoms with Crippen molar-refractivity contribution in [3.8, 4) is 11.5 Å². The zero-order valence-electron chi connectivity index (χ0n) is 13.1. The molecule has 1 unspecified atom stereocenters. The van der Waals surface area contributed by atoms with Crippen LogP contribution in [0.5, 0.6) is 11.5 Å². The van der Waals surface area contributed by atoms with Gasteiger partial charge in [0, 0.05) is 11.7 Å². The standard InChI is InChI=1S/C18H24N2O/c1-4-15(19)11-14-7-6-8-16(12-14)21-18-10-9-13(3)20-17(18)5-2/h6-10,12,15H,4-5,11,19H2,1-3H3. The summed E-state index contributed by atoms with van der Waals surface area (Å²) in [5.74, 6) is 1.68. The van der Waals surface area contributed by atoms with Crippen LogP contribution in [-0.4, -0.2) is 11.0 Å². The highest BCUT2D eigenvalue weighted by atomic mass is 16.5. The van der Waals surface area contributed by atoms with E-state index in [4.69, 9.17) is 10.5 Å². The van der Waals surface area contributed by atoms with Gasteiger partial charge in [0.15, 0.2) is 0 Å². The molecule has 112 valence electrons. The van der Waals surface area contributed by atoms with Crippen molar-refractivity contribution in [2.24, 2.45) is 5.73 Å². The summed E-state index contributed by atoms with van der Waals surface area (Å²) >= 11 is 0. The van der Waals surface area contributed by atoms with E-state index in [1.54, 1.807) is 0 Å². The van der Waals surface area contributed by atoms with E-state index in [1.165, 1.54) is 5.56 Å². The lowest BCUT2D eigenvalue weighted by Crippen LogP contribution is -2.21. The van der Waals surface area contributed by atoms with Crippen LogP contribution in [0.2, 0.25) is 0 Å².